The van der Waals surface area contributed by atoms with Crippen LogP contribution < -0.4 is 4.74 Å². The lowest BCUT2D eigenvalue weighted by molar-refractivity contribution is 0.414. The van der Waals surface area contributed by atoms with Crippen molar-refractivity contribution in [3.8, 4) is 5.75 Å². The number of rotatable bonds is 4. The van der Waals surface area contributed by atoms with Gasteiger partial charge in [0.05, 0.1) is 7.11 Å². The van der Waals surface area contributed by atoms with Crippen LogP contribution in [0.25, 0.3) is 0 Å². The molecule has 0 heterocycles. The minimum absolute atomic E-state index is 0.900. The molecular weight excluding hydrogens is 196 g/mol. The Kier molecular flexibility index (Phi) is 3.60. The van der Waals surface area contributed by atoms with Gasteiger partial charge in [0.15, 0.2) is 0 Å². The quantitative estimate of drug-likeness (QED) is 0.752. The van der Waals surface area contributed by atoms with Crippen LogP contribution in [0.1, 0.15) is 11.1 Å². The lowest BCUT2D eigenvalue weighted by atomic mass is 10.0. The zero-order valence-corrected chi connectivity index (χ0v) is 9.39. The van der Waals surface area contributed by atoms with E-state index in [0.29, 0.717) is 0 Å². The summed E-state index contributed by atoms with van der Waals surface area (Å²) in [6.07, 6.45) is 3.18. The molecule has 0 saturated heterocycles. The largest absolute Gasteiger partial charge is 0.497 e. The van der Waals surface area contributed by atoms with Crippen LogP contribution in [0, 0.1) is 6.42 Å². The smallest absolute Gasteiger partial charge is 0.118 e. The molecule has 0 aliphatic rings. The number of hydrogen-bond acceptors (Lipinski definition) is 1. The van der Waals surface area contributed by atoms with Crippen LogP contribution in [0.5, 0.6) is 5.75 Å². The van der Waals surface area contributed by atoms with Gasteiger partial charge in [-0.3, -0.25) is 0 Å². The number of hydrogen-bond donors (Lipinski definition) is 0. The topological polar surface area (TPSA) is 9.23 Å². The molecule has 81 valence electrons. The minimum Gasteiger partial charge on any atom is -0.497 e. The third-order valence-electron chi connectivity index (χ3n) is 2.53. The molecule has 1 heteroatoms. The molecule has 0 N–H and O–H groups in total. The molecule has 0 unspecified atom stereocenters. The molecule has 0 saturated carbocycles. The van der Waals surface area contributed by atoms with Crippen molar-refractivity contribution < 1.29 is 4.74 Å². The van der Waals surface area contributed by atoms with Crippen LogP contribution in [0.4, 0.5) is 0 Å². The molecule has 1 nitrogen and oxygen atoms in total. The molecular formula is C15H15O. The van der Waals surface area contributed by atoms with Crippen molar-refractivity contribution in [2.45, 2.75) is 6.42 Å². The molecule has 0 amide bonds. The highest BCUT2D eigenvalue weighted by atomic mass is 16.5. The third kappa shape index (κ3) is 2.86. The van der Waals surface area contributed by atoms with E-state index in [1.807, 2.05) is 18.2 Å². The van der Waals surface area contributed by atoms with E-state index in [1.165, 1.54) is 11.1 Å². The second-order valence-corrected chi connectivity index (χ2v) is 3.67. The van der Waals surface area contributed by atoms with Crippen LogP contribution in [0.2, 0.25) is 0 Å². The summed E-state index contributed by atoms with van der Waals surface area (Å²) >= 11 is 0. The van der Waals surface area contributed by atoms with Gasteiger partial charge in [0.25, 0.3) is 0 Å². The Hall–Kier alpha value is -1.76. The number of methoxy groups -OCH3 is 1. The maximum Gasteiger partial charge on any atom is 0.118 e. The minimum atomic E-state index is 0.900. The van der Waals surface area contributed by atoms with Gasteiger partial charge in [-0.1, -0.05) is 42.5 Å². The summed E-state index contributed by atoms with van der Waals surface area (Å²) in [4.78, 5) is 0. The summed E-state index contributed by atoms with van der Waals surface area (Å²) in [5.74, 6) is 0.900. The van der Waals surface area contributed by atoms with Crippen molar-refractivity contribution >= 4 is 0 Å². The van der Waals surface area contributed by atoms with Crippen molar-refractivity contribution in [2.24, 2.45) is 0 Å². The van der Waals surface area contributed by atoms with Gasteiger partial charge in [0, 0.05) is 0 Å². The molecule has 0 atom stereocenters. The predicted molar refractivity (Wildman–Crippen MR) is 66.5 cm³/mol. The van der Waals surface area contributed by atoms with E-state index in [-0.39, 0.29) is 0 Å². The molecule has 16 heavy (non-hydrogen) atoms. The van der Waals surface area contributed by atoms with E-state index in [0.717, 1.165) is 12.2 Å². The Bertz CT molecular complexity index is 417. The Labute approximate surface area is 96.7 Å². The summed E-state index contributed by atoms with van der Waals surface area (Å²) < 4.78 is 5.12. The van der Waals surface area contributed by atoms with E-state index >= 15 is 0 Å². The molecule has 2 rings (SSSR count). The molecule has 2 aromatic carbocycles. The van der Waals surface area contributed by atoms with Crippen molar-refractivity contribution in [1.29, 1.82) is 0 Å². The van der Waals surface area contributed by atoms with E-state index in [9.17, 15) is 0 Å². The fraction of sp³-hybridized carbons (Fsp3) is 0.133. The molecule has 0 aliphatic carbocycles. The van der Waals surface area contributed by atoms with Gasteiger partial charge in [0.2, 0.25) is 0 Å². The summed E-state index contributed by atoms with van der Waals surface area (Å²) in [5, 5.41) is 0. The predicted octanol–water partition coefficient (Wildman–Crippen LogP) is 3.49. The SMILES string of the molecule is COc1ccc([CH]Cc2ccccc2)cc1. The summed E-state index contributed by atoms with van der Waals surface area (Å²) in [7, 11) is 1.68. The molecule has 0 aliphatic heterocycles. The van der Waals surface area contributed by atoms with Crippen molar-refractivity contribution in [2.75, 3.05) is 7.11 Å². The Morgan fingerprint density at radius 2 is 1.62 bits per heavy atom. The van der Waals surface area contributed by atoms with Gasteiger partial charge < -0.3 is 4.74 Å². The molecule has 0 bridgehead atoms. The normalized spacial score (nSPS) is 10.1. The van der Waals surface area contributed by atoms with E-state index in [2.05, 4.69) is 42.8 Å². The van der Waals surface area contributed by atoms with E-state index < -0.39 is 0 Å². The zero-order valence-electron chi connectivity index (χ0n) is 9.39. The molecule has 1 radical (unpaired) electrons. The highest BCUT2D eigenvalue weighted by Gasteiger charge is 1.96. The molecule has 0 aromatic heterocycles. The highest BCUT2D eigenvalue weighted by molar-refractivity contribution is 5.32. The van der Waals surface area contributed by atoms with Gasteiger partial charge in [-0.05, 0) is 36.1 Å². The summed E-state index contributed by atoms with van der Waals surface area (Å²) in [6, 6.07) is 18.6. The summed E-state index contributed by atoms with van der Waals surface area (Å²) in [6.45, 7) is 0. The van der Waals surface area contributed by atoms with Crippen LogP contribution in [0.15, 0.2) is 54.6 Å². The van der Waals surface area contributed by atoms with Crippen LogP contribution >= 0.6 is 0 Å². The van der Waals surface area contributed by atoms with E-state index in [1.54, 1.807) is 7.11 Å². The fourth-order valence-corrected chi connectivity index (χ4v) is 1.59. The first-order chi connectivity index (χ1) is 7.88. The van der Waals surface area contributed by atoms with Crippen molar-refractivity contribution in [1.82, 2.24) is 0 Å². The standard InChI is InChI=1S/C15H15O/c1-16-15-11-9-14(10-12-15)8-7-13-5-3-2-4-6-13/h2-6,8-12H,7H2,1H3. The first kappa shape index (κ1) is 10.7. The van der Waals surface area contributed by atoms with Crippen LogP contribution in [-0.2, 0) is 6.42 Å². The lowest BCUT2D eigenvalue weighted by Crippen LogP contribution is -1.88. The average Bonchev–Trinajstić information content (AvgIpc) is 2.38. The second kappa shape index (κ2) is 5.36. The molecule has 0 fully saturated rings. The van der Waals surface area contributed by atoms with E-state index in [4.69, 9.17) is 4.74 Å². The van der Waals surface area contributed by atoms with Gasteiger partial charge >= 0.3 is 0 Å². The third-order valence-corrected chi connectivity index (χ3v) is 2.53. The molecule has 2 aromatic rings. The fourth-order valence-electron chi connectivity index (χ4n) is 1.59. The lowest BCUT2D eigenvalue weighted by Gasteiger charge is -2.03. The van der Waals surface area contributed by atoms with Crippen molar-refractivity contribution in [3.05, 3.63) is 72.1 Å². The van der Waals surface area contributed by atoms with Gasteiger partial charge in [-0.2, -0.15) is 0 Å². The maximum absolute atomic E-state index is 5.12. The average molecular weight is 211 g/mol. The van der Waals surface area contributed by atoms with Gasteiger partial charge in [0.1, 0.15) is 5.75 Å². The van der Waals surface area contributed by atoms with Crippen LogP contribution in [0.3, 0.4) is 0 Å². The Morgan fingerprint density at radius 1 is 0.938 bits per heavy atom. The number of benzene rings is 2. The Morgan fingerprint density at radius 3 is 2.25 bits per heavy atom. The second-order valence-electron chi connectivity index (χ2n) is 3.67. The Balaban J connectivity index is 1.94. The first-order valence-corrected chi connectivity index (χ1v) is 5.39. The molecule has 0 spiro atoms. The van der Waals surface area contributed by atoms with Crippen LogP contribution in [-0.4, -0.2) is 7.11 Å². The van der Waals surface area contributed by atoms with Crippen molar-refractivity contribution in [3.63, 3.8) is 0 Å². The highest BCUT2D eigenvalue weighted by Crippen LogP contribution is 2.14. The zero-order chi connectivity index (χ0) is 11.2. The monoisotopic (exact) mass is 211 g/mol. The van der Waals surface area contributed by atoms with Gasteiger partial charge in [-0.25, -0.2) is 0 Å². The van der Waals surface area contributed by atoms with Gasteiger partial charge in [-0.15, -0.1) is 0 Å². The first-order valence-electron chi connectivity index (χ1n) is 5.39. The summed E-state index contributed by atoms with van der Waals surface area (Å²) in [5.41, 5.74) is 2.56. The maximum atomic E-state index is 5.12. The number of ether oxygens (including phenoxy) is 1.